The van der Waals surface area contributed by atoms with Gasteiger partial charge in [0.1, 0.15) is 0 Å². The van der Waals surface area contributed by atoms with Crippen LogP contribution in [0, 0.1) is 5.92 Å². The maximum absolute atomic E-state index is 11.1. The van der Waals surface area contributed by atoms with Crippen molar-refractivity contribution in [2.45, 2.75) is 39.3 Å². The summed E-state index contributed by atoms with van der Waals surface area (Å²) in [5, 5.41) is 3.20. The topological polar surface area (TPSA) is 64.3 Å². The molecule has 0 aliphatic heterocycles. The first-order valence-corrected chi connectivity index (χ1v) is 5.03. The van der Waals surface area contributed by atoms with Crippen LogP contribution in [0.25, 0.3) is 0 Å². The summed E-state index contributed by atoms with van der Waals surface area (Å²) in [6.45, 7) is 6.67. The molecular weight excluding hydrogens is 180 g/mol. The van der Waals surface area contributed by atoms with E-state index in [9.17, 15) is 4.79 Å². The first-order valence-electron chi connectivity index (χ1n) is 5.03. The normalized spacial score (nSPS) is 15.5. The summed E-state index contributed by atoms with van der Waals surface area (Å²) < 4.78 is 4.96. The number of nitrogens with two attached hydrogens (primary N) is 1. The number of hydrogen-bond acceptors (Lipinski definition) is 3. The number of methoxy groups -OCH3 is 1. The van der Waals surface area contributed by atoms with E-state index >= 15 is 0 Å². The van der Waals surface area contributed by atoms with Crippen molar-refractivity contribution in [2.75, 3.05) is 13.7 Å². The Hall–Kier alpha value is -0.610. The minimum absolute atomic E-state index is 0.220. The molecule has 0 aromatic heterocycles. The van der Waals surface area contributed by atoms with E-state index in [0.29, 0.717) is 6.61 Å². The summed E-state index contributed by atoms with van der Waals surface area (Å²) in [4.78, 5) is 11.1. The van der Waals surface area contributed by atoms with E-state index in [1.54, 1.807) is 7.11 Å². The molecule has 14 heavy (non-hydrogen) atoms. The number of primary amides is 1. The molecule has 0 aromatic carbocycles. The predicted octanol–water partition coefficient (Wildman–Crippen LogP) is 0.511. The van der Waals surface area contributed by atoms with Gasteiger partial charge in [-0.15, -0.1) is 0 Å². The standard InChI is InChI=1S/C10H22N2O2/c1-7(2)9(10(11)13)12-8(3)5-6-14-4/h7-9,12H,5-6H2,1-4H3,(H2,11,13). The second-order valence-corrected chi connectivity index (χ2v) is 3.97. The van der Waals surface area contributed by atoms with E-state index in [-0.39, 0.29) is 23.9 Å². The first-order chi connectivity index (χ1) is 6.49. The van der Waals surface area contributed by atoms with Crippen molar-refractivity contribution >= 4 is 5.91 Å². The van der Waals surface area contributed by atoms with Crippen LogP contribution in [-0.4, -0.2) is 31.7 Å². The van der Waals surface area contributed by atoms with Crippen molar-refractivity contribution in [3.8, 4) is 0 Å². The van der Waals surface area contributed by atoms with E-state index < -0.39 is 0 Å². The maximum atomic E-state index is 11.1. The zero-order valence-corrected chi connectivity index (χ0v) is 9.54. The Bertz CT molecular complexity index is 172. The Morgan fingerprint density at radius 1 is 1.43 bits per heavy atom. The second-order valence-electron chi connectivity index (χ2n) is 3.97. The van der Waals surface area contributed by atoms with Gasteiger partial charge in [-0.2, -0.15) is 0 Å². The molecule has 4 nitrogen and oxygen atoms in total. The Morgan fingerprint density at radius 2 is 2.00 bits per heavy atom. The molecule has 0 aliphatic rings. The molecule has 0 rings (SSSR count). The van der Waals surface area contributed by atoms with Crippen molar-refractivity contribution in [3.63, 3.8) is 0 Å². The highest BCUT2D eigenvalue weighted by atomic mass is 16.5. The summed E-state index contributed by atoms with van der Waals surface area (Å²) >= 11 is 0. The SMILES string of the molecule is COCCC(C)NC(C(N)=O)C(C)C. The van der Waals surface area contributed by atoms with Crippen LogP contribution in [0.1, 0.15) is 27.2 Å². The Kier molecular flexibility index (Phi) is 6.49. The van der Waals surface area contributed by atoms with Gasteiger partial charge in [0.05, 0.1) is 6.04 Å². The van der Waals surface area contributed by atoms with E-state index in [0.717, 1.165) is 6.42 Å². The summed E-state index contributed by atoms with van der Waals surface area (Å²) in [5.41, 5.74) is 5.28. The van der Waals surface area contributed by atoms with Crippen LogP contribution >= 0.6 is 0 Å². The average molecular weight is 202 g/mol. The number of hydrogen-bond donors (Lipinski definition) is 2. The molecule has 0 saturated heterocycles. The summed E-state index contributed by atoms with van der Waals surface area (Å²) in [6, 6.07) is -0.00305. The molecule has 0 saturated carbocycles. The second kappa shape index (κ2) is 6.79. The van der Waals surface area contributed by atoms with Gasteiger partial charge in [-0.05, 0) is 19.3 Å². The van der Waals surface area contributed by atoms with Crippen molar-refractivity contribution < 1.29 is 9.53 Å². The smallest absolute Gasteiger partial charge is 0.234 e. The highest BCUT2D eigenvalue weighted by Gasteiger charge is 2.20. The van der Waals surface area contributed by atoms with Crippen molar-refractivity contribution in [1.82, 2.24) is 5.32 Å². The van der Waals surface area contributed by atoms with Crippen molar-refractivity contribution in [3.05, 3.63) is 0 Å². The molecule has 0 spiro atoms. The van der Waals surface area contributed by atoms with Crippen LogP contribution in [0.5, 0.6) is 0 Å². The third kappa shape index (κ3) is 5.19. The summed E-state index contributed by atoms with van der Waals surface area (Å²) in [5.74, 6) is -0.0678. The molecule has 0 aliphatic carbocycles. The van der Waals surface area contributed by atoms with Gasteiger partial charge >= 0.3 is 0 Å². The molecule has 4 heteroatoms. The van der Waals surface area contributed by atoms with Crippen LogP contribution in [0.3, 0.4) is 0 Å². The van der Waals surface area contributed by atoms with Gasteiger partial charge in [0, 0.05) is 19.8 Å². The Balaban J connectivity index is 3.96. The van der Waals surface area contributed by atoms with Gasteiger partial charge in [-0.1, -0.05) is 13.8 Å². The maximum Gasteiger partial charge on any atom is 0.234 e. The molecule has 0 heterocycles. The molecular formula is C10H22N2O2. The minimum atomic E-state index is -0.288. The Morgan fingerprint density at radius 3 is 2.36 bits per heavy atom. The van der Waals surface area contributed by atoms with Gasteiger partial charge in [-0.25, -0.2) is 0 Å². The van der Waals surface area contributed by atoms with E-state index in [1.165, 1.54) is 0 Å². The first kappa shape index (κ1) is 13.4. The van der Waals surface area contributed by atoms with Crippen LogP contribution in [0.15, 0.2) is 0 Å². The van der Waals surface area contributed by atoms with Gasteiger partial charge in [-0.3, -0.25) is 4.79 Å². The van der Waals surface area contributed by atoms with E-state index in [1.807, 2.05) is 20.8 Å². The van der Waals surface area contributed by atoms with Crippen LogP contribution < -0.4 is 11.1 Å². The number of rotatable bonds is 7. The lowest BCUT2D eigenvalue weighted by Gasteiger charge is -2.23. The third-order valence-corrected chi connectivity index (χ3v) is 2.19. The van der Waals surface area contributed by atoms with Gasteiger partial charge in [0.2, 0.25) is 5.91 Å². The predicted molar refractivity (Wildman–Crippen MR) is 56.9 cm³/mol. The lowest BCUT2D eigenvalue weighted by molar-refractivity contribution is -0.121. The summed E-state index contributed by atoms with van der Waals surface area (Å²) in [7, 11) is 1.67. The molecule has 0 radical (unpaired) electrons. The molecule has 2 atom stereocenters. The summed E-state index contributed by atoms with van der Waals surface area (Å²) in [6.07, 6.45) is 0.882. The van der Waals surface area contributed by atoms with Crippen LogP contribution in [0.2, 0.25) is 0 Å². The fraction of sp³-hybridized carbons (Fsp3) is 0.900. The highest BCUT2D eigenvalue weighted by Crippen LogP contribution is 2.03. The Labute approximate surface area is 86.2 Å². The molecule has 0 bridgehead atoms. The van der Waals surface area contributed by atoms with E-state index in [2.05, 4.69) is 5.32 Å². The van der Waals surface area contributed by atoms with Crippen molar-refractivity contribution in [2.24, 2.45) is 11.7 Å². The van der Waals surface area contributed by atoms with Crippen LogP contribution in [0.4, 0.5) is 0 Å². The lowest BCUT2D eigenvalue weighted by atomic mass is 10.0. The van der Waals surface area contributed by atoms with Gasteiger partial charge < -0.3 is 15.8 Å². The zero-order valence-electron chi connectivity index (χ0n) is 9.54. The molecule has 2 unspecified atom stereocenters. The van der Waals surface area contributed by atoms with Crippen molar-refractivity contribution in [1.29, 1.82) is 0 Å². The minimum Gasteiger partial charge on any atom is -0.385 e. The largest absolute Gasteiger partial charge is 0.385 e. The molecule has 1 amide bonds. The molecule has 84 valence electrons. The molecule has 3 N–H and O–H groups in total. The monoisotopic (exact) mass is 202 g/mol. The number of carbonyl (C=O) groups excluding carboxylic acids is 1. The number of nitrogens with one attached hydrogen (secondary N) is 1. The van der Waals surface area contributed by atoms with Crippen LogP contribution in [-0.2, 0) is 9.53 Å². The molecule has 0 fully saturated rings. The third-order valence-electron chi connectivity index (χ3n) is 2.19. The average Bonchev–Trinajstić information content (AvgIpc) is 2.09. The fourth-order valence-corrected chi connectivity index (χ4v) is 1.29. The highest BCUT2D eigenvalue weighted by molar-refractivity contribution is 5.80. The van der Waals surface area contributed by atoms with Gasteiger partial charge in [0.15, 0.2) is 0 Å². The quantitative estimate of drug-likeness (QED) is 0.632. The van der Waals surface area contributed by atoms with E-state index in [4.69, 9.17) is 10.5 Å². The number of carbonyl (C=O) groups is 1. The van der Waals surface area contributed by atoms with Gasteiger partial charge in [0.25, 0.3) is 0 Å². The lowest BCUT2D eigenvalue weighted by Crippen LogP contribution is -2.48. The molecule has 0 aromatic rings. The zero-order chi connectivity index (χ0) is 11.1. The number of ether oxygens (including phenoxy) is 1. The number of amides is 1. The fourth-order valence-electron chi connectivity index (χ4n) is 1.29.